The minimum absolute atomic E-state index is 0.191. The average Bonchev–Trinajstić information content (AvgIpc) is 1.54. The number of nitrogens with zero attached hydrogens (tertiary/aromatic N) is 10. The summed E-state index contributed by atoms with van der Waals surface area (Å²) >= 11 is 0. The first kappa shape index (κ1) is 65.1. The molecular weight excluding hydrogens is 1340 g/mol. The van der Waals surface area contributed by atoms with Gasteiger partial charge in [0, 0.05) is 92.4 Å². The molecule has 0 saturated heterocycles. The van der Waals surface area contributed by atoms with E-state index in [1.165, 1.54) is 88.8 Å². The van der Waals surface area contributed by atoms with Crippen LogP contribution in [0.5, 0.6) is 0 Å². The normalized spacial score (nSPS) is 13.5. The Bertz CT molecular complexity index is 6720. The fraction of sp³-hybridized carbons (Fsp3) is 0.0700. The van der Waals surface area contributed by atoms with Gasteiger partial charge in [-0.25, -0.2) is 9.69 Å². The number of pyridine rings is 5. The molecule has 110 heavy (non-hydrogen) atoms. The molecule has 0 saturated carbocycles. The van der Waals surface area contributed by atoms with E-state index in [9.17, 15) is 0 Å². The fourth-order valence-electron chi connectivity index (χ4n) is 18.1. The summed E-state index contributed by atoms with van der Waals surface area (Å²) in [5.41, 5.74) is 35.4. The third-order valence-electron chi connectivity index (χ3n) is 23.1. The molecule has 11 aromatic carbocycles. The van der Waals surface area contributed by atoms with Crippen LogP contribution in [0.3, 0.4) is 0 Å². The van der Waals surface area contributed by atoms with Gasteiger partial charge in [-0.05, 0) is 211 Å². The molecule has 0 bridgehead atoms. The van der Waals surface area contributed by atoms with Crippen LogP contribution in [0.4, 0.5) is 11.4 Å². The molecule has 0 fully saturated rings. The number of aromatic nitrogens is 8. The van der Waals surface area contributed by atoms with Crippen LogP contribution in [-0.4, -0.2) is 38.6 Å². The van der Waals surface area contributed by atoms with E-state index >= 15 is 0 Å². The van der Waals surface area contributed by atoms with Crippen molar-refractivity contribution in [3.63, 3.8) is 0 Å². The van der Waals surface area contributed by atoms with Crippen LogP contribution in [0.15, 0.2) is 340 Å². The van der Waals surface area contributed by atoms with E-state index in [1.807, 2.05) is 91.6 Å². The Morgan fingerprint density at radius 2 is 0.691 bits per heavy atom. The lowest BCUT2D eigenvalue weighted by Crippen LogP contribution is -2.28. The van der Waals surface area contributed by atoms with Crippen molar-refractivity contribution in [2.45, 2.75) is 43.9 Å². The van der Waals surface area contributed by atoms with Gasteiger partial charge in [0.1, 0.15) is 0 Å². The van der Waals surface area contributed by atoms with Crippen molar-refractivity contribution in [1.29, 1.82) is 0 Å². The van der Waals surface area contributed by atoms with Gasteiger partial charge in [0.25, 0.3) is 0 Å². The molecule has 0 N–H and O–H groups in total. The number of para-hydroxylation sites is 1. The van der Waals surface area contributed by atoms with E-state index in [1.54, 1.807) is 6.20 Å². The van der Waals surface area contributed by atoms with Crippen LogP contribution < -0.4 is 0 Å². The second-order valence-corrected chi connectivity index (χ2v) is 29.7. The van der Waals surface area contributed by atoms with Crippen molar-refractivity contribution in [1.82, 2.24) is 38.6 Å². The van der Waals surface area contributed by atoms with Gasteiger partial charge >= 0.3 is 0 Å². The zero-order valence-electron chi connectivity index (χ0n) is 60.8. The fourth-order valence-corrected chi connectivity index (χ4v) is 18.1. The Hall–Kier alpha value is -14.5. The van der Waals surface area contributed by atoms with Crippen molar-refractivity contribution in [2.75, 3.05) is 0 Å². The number of fused-ring (bicyclic) bond motifs is 18. The molecular formula is C100H68N10. The Morgan fingerprint density at radius 3 is 1.19 bits per heavy atom. The molecule has 8 aromatic heterocycles. The molecule has 10 nitrogen and oxygen atoms in total. The number of hydrogen-bond acceptors (Lipinski definition) is 5. The topological polar surface area (TPSA) is 88.0 Å². The largest absolute Gasteiger partial charge is 0.308 e. The molecule has 0 atom stereocenters. The molecule has 3 aliphatic carbocycles. The molecule has 10 heteroatoms. The second-order valence-electron chi connectivity index (χ2n) is 29.7. The molecule has 22 rings (SSSR count). The smallest absolute Gasteiger partial charge is 0.187 e. The highest BCUT2D eigenvalue weighted by atomic mass is 15.0. The first-order chi connectivity index (χ1) is 54.0. The van der Waals surface area contributed by atoms with E-state index in [2.05, 4.69) is 304 Å². The molecule has 8 heterocycles. The molecule has 19 aromatic rings. The summed E-state index contributed by atoms with van der Waals surface area (Å²) in [5.74, 6) is 0. The summed E-state index contributed by atoms with van der Waals surface area (Å²) in [5, 5.41) is 3.45. The highest BCUT2D eigenvalue weighted by Crippen LogP contribution is 2.59. The SMILES string of the molecule is [C-]#[N+]c1ccc2c(c1)C(C)(C)c1cc3c4ncccc4n(-c4cccc(-c5ccccn5)c4)c3cc1-2.[C-]#[N+]c1ccc2c(c1)C(C)(C)c1cc3c4ncccc4n(-c4cccc(-c5cccnc5)c4)c3cc1-2.c1ccc(-n2c3cc4c(cc3c3ncccc32)C(c2ccccc2)(c2ccccc2)c2ccccc2-4)cc1. The van der Waals surface area contributed by atoms with Crippen LogP contribution in [0.2, 0.25) is 0 Å². The zero-order valence-corrected chi connectivity index (χ0v) is 60.8. The highest BCUT2D eigenvalue weighted by molar-refractivity contribution is 6.13. The third kappa shape index (κ3) is 9.97. The maximum absolute atomic E-state index is 7.49. The summed E-state index contributed by atoms with van der Waals surface area (Å²) < 4.78 is 6.98. The summed E-state index contributed by atoms with van der Waals surface area (Å²) in [6.07, 6.45) is 11.2. The zero-order chi connectivity index (χ0) is 74.0. The second kappa shape index (κ2) is 25.4. The lowest BCUT2D eigenvalue weighted by atomic mass is 9.67. The third-order valence-corrected chi connectivity index (χ3v) is 23.1. The summed E-state index contributed by atoms with van der Waals surface area (Å²) in [6.45, 7) is 24.0. The predicted octanol–water partition coefficient (Wildman–Crippen LogP) is 24.7. The maximum Gasteiger partial charge on any atom is 0.187 e. The minimum Gasteiger partial charge on any atom is -0.308 e. The molecule has 0 amide bonds. The van der Waals surface area contributed by atoms with Gasteiger partial charge in [-0.15, -0.1) is 0 Å². The molecule has 518 valence electrons. The highest BCUT2D eigenvalue weighted by Gasteiger charge is 2.47. The van der Waals surface area contributed by atoms with E-state index in [-0.39, 0.29) is 10.8 Å². The van der Waals surface area contributed by atoms with Crippen LogP contribution >= 0.6 is 0 Å². The number of hydrogen-bond donors (Lipinski definition) is 0. The predicted molar refractivity (Wildman–Crippen MR) is 447 cm³/mol. The van der Waals surface area contributed by atoms with Gasteiger partial charge in [-0.3, -0.25) is 24.9 Å². The number of rotatable bonds is 7. The van der Waals surface area contributed by atoms with Gasteiger partial charge in [0.2, 0.25) is 0 Å². The van der Waals surface area contributed by atoms with Gasteiger partial charge in [0.05, 0.1) is 73.9 Å². The Kier molecular flexibility index (Phi) is 15.0. The van der Waals surface area contributed by atoms with Crippen LogP contribution in [-0.2, 0) is 16.2 Å². The molecule has 0 spiro atoms. The van der Waals surface area contributed by atoms with Gasteiger partial charge in [-0.2, -0.15) is 0 Å². The first-order valence-electron chi connectivity index (χ1n) is 37.1. The summed E-state index contributed by atoms with van der Waals surface area (Å²) in [6, 6.07) is 107. The van der Waals surface area contributed by atoms with E-state index < -0.39 is 5.41 Å². The molecule has 0 aliphatic heterocycles. The summed E-state index contributed by atoms with van der Waals surface area (Å²) in [4.78, 5) is 30.8. The van der Waals surface area contributed by atoms with E-state index in [4.69, 9.17) is 28.1 Å². The lowest BCUT2D eigenvalue weighted by molar-refractivity contribution is 0.661. The average molecular weight is 1410 g/mol. The van der Waals surface area contributed by atoms with Crippen molar-refractivity contribution in [3.8, 4) is 72.8 Å². The van der Waals surface area contributed by atoms with Crippen LogP contribution in [0, 0.1) is 13.1 Å². The Morgan fingerprint density at radius 1 is 0.282 bits per heavy atom. The van der Waals surface area contributed by atoms with Crippen LogP contribution in [0.1, 0.15) is 72.2 Å². The van der Waals surface area contributed by atoms with Crippen molar-refractivity contribution >= 4 is 77.2 Å². The quantitative estimate of drug-likeness (QED) is 0.148. The number of benzene rings is 11. The van der Waals surface area contributed by atoms with Crippen LogP contribution in [0.25, 0.3) is 148 Å². The van der Waals surface area contributed by atoms with Gasteiger partial charge in [-0.1, -0.05) is 204 Å². The Labute approximate surface area is 636 Å². The van der Waals surface area contributed by atoms with Gasteiger partial charge < -0.3 is 13.7 Å². The van der Waals surface area contributed by atoms with Gasteiger partial charge in [0.15, 0.2) is 11.4 Å². The monoisotopic (exact) mass is 1410 g/mol. The molecule has 3 aliphatic rings. The van der Waals surface area contributed by atoms with E-state index in [0.717, 1.165) is 94.4 Å². The van der Waals surface area contributed by atoms with E-state index in [0.29, 0.717) is 11.4 Å². The van der Waals surface area contributed by atoms with Crippen molar-refractivity contribution in [2.24, 2.45) is 0 Å². The summed E-state index contributed by atoms with van der Waals surface area (Å²) in [7, 11) is 0. The first-order valence-corrected chi connectivity index (χ1v) is 37.1. The van der Waals surface area contributed by atoms with Crippen molar-refractivity contribution < 1.29 is 0 Å². The lowest BCUT2D eigenvalue weighted by Gasteiger charge is -2.33. The van der Waals surface area contributed by atoms with Crippen molar-refractivity contribution in [3.05, 3.63) is 408 Å². The molecule has 0 radical (unpaired) electrons. The standard InChI is InChI=1S/C36H24N2.2C32H22N4/c1-4-13-25(14-5-1)36(26-15-6-2-7-16-26)31-20-11-10-19-28(31)29-24-34-30(23-32(29)36)35-33(21-12-22-37-35)38(34)27-17-8-3-9-18-27;1-32(2)27-16-22(33-3)11-12-24(27)25-18-30-26(17-28(25)32)31-29(10-6-14-35-31)36(30)23-9-4-7-20(15-23)21-8-5-13-34-19-21;1-32(2)26-17-21(33-3)12-13-23(26)24-19-30-25(18-27(24)32)31-29(11-7-15-35-31)36(30)22-9-6-8-20(16-22)28-10-4-5-14-34-28/h1-24H;2*4-19H,1-2H3. The maximum atomic E-state index is 7.49. The Balaban J connectivity index is 0.000000108. The minimum atomic E-state index is -0.418. The molecule has 0 unspecified atom stereocenters.